The molecule has 0 bridgehead atoms. The Morgan fingerprint density at radius 2 is 1.90 bits per heavy atom. The van der Waals surface area contributed by atoms with Gasteiger partial charge in [0.2, 0.25) is 0 Å². The van der Waals surface area contributed by atoms with E-state index in [1.807, 2.05) is 12.1 Å². The van der Waals surface area contributed by atoms with Crippen molar-refractivity contribution in [1.29, 1.82) is 0 Å². The second-order valence-corrected chi connectivity index (χ2v) is 6.08. The topological polar surface area (TPSA) is 32.7 Å². The van der Waals surface area contributed by atoms with E-state index >= 15 is 0 Å². The van der Waals surface area contributed by atoms with Crippen molar-refractivity contribution in [3.63, 3.8) is 0 Å². The van der Waals surface area contributed by atoms with Crippen molar-refractivity contribution in [2.75, 3.05) is 20.7 Å². The molecular formula is C17H27NO2. The Morgan fingerprint density at radius 3 is 2.50 bits per heavy atom. The molecule has 1 aromatic rings. The molecule has 0 radical (unpaired) electrons. The van der Waals surface area contributed by atoms with Gasteiger partial charge < -0.3 is 9.84 Å². The third-order valence-corrected chi connectivity index (χ3v) is 4.21. The third-order valence-electron chi connectivity index (χ3n) is 4.21. The average molecular weight is 277 g/mol. The first-order chi connectivity index (χ1) is 9.67. The van der Waals surface area contributed by atoms with Crippen LogP contribution in [0, 0.1) is 5.92 Å². The van der Waals surface area contributed by atoms with Gasteiger partial charge in [-0.2, -0.15) is 0 Å². The fourth-order valence-electron chi connectivity index (χ4n) is 3.17. The molecule has 0 amide bonds. The van der Waals surface area contributed by atoms with Crippen molar-refractivity contribution in [3.05, 3.63) is 29.8 Å². The highest BCUT2D eigenvalue weighted by atomic mass is 16.5. The highest BCUT2D eigenvalue weighted by molar-refractivity contribution is 5.27. The number of aliphatic hydroxyl groups is 1. The van der Waals surface area contributed by atoms with Crippen LogP contribution in [-0.4, -0.2) is 36.8 Å². The molecule has 0 heterocycles. The zero-order valence-electron chi connectivity index (χ0n) is 12.7. The summed E-state index contributed by atoms with van der Waals surface area (Å²) in [5.74, 6) is 1.64. The minimum atomic E-state index is -0.193. The summed E-state index contributed by atoms with van der Waals surface area (Å²) >= 11 is 0. The second kappa shape index (κ2) is 7.65. The summed E-state index contributed by atoms with van der Waals surface area (Å²) in [5.41, 5.74) is 1.25. The van der Waals surface area contributed by atoms with E-state index in [1.54, 1.807) is 7.11 Å². The third kappa shape index (κ3) is 4.80. The molecule has 0 spiro atoms. The van der Waals surface area contributed by atoms with Crippen molar-refractivity contribution < 1.29 is 9.84 Å². The maximum Gasteiger partial charge on any atom is 0.118 e. The molecule has 20 heavy (non-hydrogen) atoms. The lowest BCUT2D eigenvalue weighted by atomic mass is 10.00. The lowest BCUT2D eigenvalue weighted by Gasteiger charge is -2.22. The largest absolute Gasteiger partial charge is 0.497 e. The number of likely N-dealkylation sites (N-methyl/N-ethyl adjacent to an activating group) is 1. The summed E-state index contributed by atoms with van der Waals surface area (Å²) in [6.45, 7) is 1.62. The van der Waals surface area contributed by atoms with Crippen LogP contribution in [0.4, 0.5) is 0 Å². The van der Waals surface area contributed by atoms with Gasteiger partial charge in [0.1, 0.15) is 5.75 Å². The molecule has 0 saturated heterocycles. The number of methoxy groups -OCH3 is 1. The molecule has 1 aliphatic rings. The minimum absolute atomic E-state index is 0.193. The Bertz CT molecular complexity index is 384. The van der Waals surface area contributed by atoms with Gasteiger partial charge >= 0.3 is 0 Å². The Labute approximate surface area is 122 Å². The number of nitrogens with zero attached hydrogens (tertiary/aromatic N) is 1. The van der Waals surface area contributed by atoms with E-state index in [2.05, 4.69) is 24.1 Å². The molecule has 0 aliphatic heterocycles. The molecule has 1 unspecified atom stereocenters. The van der Waals surface area contributed by atoms with Crippen molar-refractivity contribution in [2.45, 2.75) is 44.8 Å². The van der Waals surface area contributed by atoms with E-state index < -0.39 is 0 Å². The van der Waals surface area contributed by atoms with Gasteiger partial charge in [0, 0.05) is 13.1 Å². The molecular weight excluding hydrogens is 250 g/mol. The molecule has 1 aromatic carbocycles. The fourth-order valence-corrected chi connectivity index (χ4v) is 3.17. The highest BCUT2D eigenvalue weighted by Crippen LogP contribution is 2.28. The van der Waals surface area contributed by atoms with Crippen LogP contribution in [0.15, 0.2) is 24.3 Å². The fraction of sp³-hybridized carbons (Fsp3) is 0.647. The van der Waals surface area contributed by atoms with Crippen LogP contribution in [-0.2, 0) is 6.54 Å². The number of ether oxygens (including phenoxy) is 1. The van der Waals surface area contributed by atoms with Crippen LogP contribution < -0.4 is 4.74 Å². The van der Waals surface area contributed by atoms with Gasteiger partial charge in [-0.15, -0.1) is 0 Å². The molecule has 112 valence electrons. The Morgan fingerprint density at radius 1 is 1.25 bits per heavy atom. The Balaban J connectivity index is 1.74. The molecule has 3 heteroatoms. The Hall–Kier alpha value is -1.06. The maximum absolute atomic E-state index is 10.2. The molecule has 1 saturated carbocycles. The maximum atomic E-state index is 10.2. The predicted molar refractivity (Wildman–Crippen MR) is 81.9 cm³/mol. The van der Waals surface area contributed by atoms with Gasteiger partial charge in [0.25, 0.3) is 0 Å². The second-order valence-electron chi connectivity index (χ2n) is 6.08. The molecule has 1 N–H and O–H groups in total. The molecule has 1 fully saturated rings. The summed E-state index contributed by atoms with van der Waals surface area (Å²) in [6, 6.07) is 8.13. The number of hydrogen-bond acceptors (Lipinski definition) is 3. The summed E-state index contributed by atoms with van der Waals surface area (Å²) in [6.07, 6.45) is 6.07. The summed E-state index contributed by atoms with van der Waals surface area (Å²) in [4.78, 5) is 2.20. The quantitative estimate of drug-likeness (QED) is 0.831. The van der Waals surface area contributed by atoms with Crippen LogP contribution in [0.1, 0.15) is 37.7 Å². The van der Waals surface area contributed by atoms with Crippen molar-refractivity contribution in [2.24, 2.45) is 5.92 Å². The lowest BCUT2D eigenvalue weighted by molar-refractivity contribution is 0.0994. The van der Waals surface area contributed by atoms with E-state index in [4.69, 9.17) is 4.74 Å². The van der Waals surface area contributed by atoms with E-state index in [1.165, 1.54) is 31.2 Å². The van der Waals surface area contributed by atoms with E-state index in [0.29, 0.717) is 0 Å². The zero-order chi connectivity index (χ0) is 14.4. The van der Waals surface area contributed by atoms with Gasteiger partial charge in [-0.25, -0.2) is 0 Å². The molecule has 2 rings (SSSR count). The van der Waals surface area contributed by atoms with Crippen molar-refractivity contribution >= 4 is 0 Å². The van der Waals surface area contributed by atoms with Crippen molar-refractivity contribution in [3.8, 4) is 5.75 Å². The van der Waals surface area contributed by atoms with Gasteiger partial charge in [-0.05, 0) is 37.1 Å². The predicted octanol–water partition coefficient (Wildman–Crippen LogP) is 3.07. The van der Waals surface area contributed by atoms with Crippen LogP contribution >= 0.6 is 0 Å². The lowest BCUT2D eigenvalue weighted by Crippen LogP contribution is -2.30. The smallest absolute Gasteiger partial charge is 0.118 e. The van der Waals surface area contributed by atoms with Crippen LogP contribution in [0.3, 0.4) is 0 Å². The Kier molecular flexibility index (Phi) is 5.86. The average Bonchev–Trinajstić information content (AvgIpc) is 2.92. The first kappa shape index (κ1) is 15.3. The van der Waals surface area contributed by atoms with E-state index in [-0.39, 0.29) is 6.10 Å². The molecule has 3 nitrogen and oxygen atoms in total. The number of aliphatic hydroxyl groups excluding tert-OH is 1. The number of benzene rings is 1. The molecule has 0 aromatic heterocycles. The zero-order valence-corrected chi connectivity index (χ0v) is 12.7. The van der Waals surface area contributed by atoms with Gasteiger partial charge in [0.05, 0.1) is 13.2 Å². The number of hydrogen-bond donors (Lipinski definition) is 1. The van der Waals surface area contributed by atoms with Crippen LogP contribution in [0.5, 0.6) is 5.75 Å². The van der Waals surface area contributed by atoms with Gasteiger partial charge in [-0.1, -0.05) is 37.8 Å². The van der Waals surface area contributed by atoms with Crippen molar-refractivity contribution in [1.82, 2.24) is 4.90 Å². The van der Waals surface area contributed by atoms with Crippen LogP contribution in [0.25, 0.3) is 0 Å². The first-order valence-electron chi connectivity index (χ1n) is 7.67. The van der Waals surface area contributed by atoms with E-state index in [0.717, 1.165) is 31.2 Å². The standard InChI is InChI=1S/C17H27NO2/c1-18(12-15-7-9-17(20-2)10-8-15)13-16(19)11-14-5-3-4-6-14/h7-10,14,16,19H,3-6,11-13H2,1-2H3. The molecule has 1 atom stereocenters. The number of rotatable bonds is 7. The summed E-state index contributed by atoms with van der Waals surface area (Å²) in [5, 5.41) is 10.2. The van der Waals surface area contributed by atoms with Gasteiger partial charge in [-0.3, -0.25) is 4.90 Å². The first-order valence-corrected chi connectivity index (χ1v) is 7.67. The highest BCUT2D eigenvalue weighted by Gasteiger charge is 2.19. The summed E-state index contributed by atoms with van der Waals surface area (Å²) < 4.78 is 5.16. The normalized spacial score (nSPS) is 17.6. The van der Waals surface area contributed by atoms with Crippen LogP contribution in [0.2, 0.25) is 0 Å². The summed E-state index contributed by atoms with van der Waals surface area (Å²) in [7, 11) is 3.75. The molecule has 1 aliphatic carbocycles. The SMILES string of the molecule is COc1ccc(CN(C)CC(O)CC2CCCC2)cc1. The monoisotopic (exact) mass is 277 g/mol. The van der Waals surface area contributed by atoms with Gasteiger partial charge in [0.15, 0.2) is 0 Å². The van der Waals surface area contributed by atoms with E-state index in [9.17, 15) is 5.11 Å². The minimum Gasteiger partial charge on any atom is -0.497 e.